The number of nitrogens with zero attached hydrogens (tertiary/aromatic N) is 2. The monoisotopic (exact) mass is 270 g/mol. The number of nitrogen functional groups attached to an aromatic ring is 1. The molecule has 0 fully saturated rings. The number of hydrogen-bond donors (Lipinski definition) is 2. The van der Waals surface area contributed by atoms with Gasteiger partial charge in [0.2, 0.25) is 5.88 Å². The number of nitrogens with two attached hydrogens (primary N) is 1. The van der Waals surface area contributed by atoms with Gasteiger partial charge in [-0.1, -0.05) is 13.8 Å². The Bertz CT molecular complexity index is 374. The van der Waals surface area contributed by atoms with E-state index in [1.165, 1.54) is 0 Å². The van der Waals surface area contributed by atoms with Crippen molar-refractivity contribution in [2.75, 3.05) is 39.0 Å². The molecule has 1 rings (SSSR count). The van der Waals surface area contributed by atoms with Gasteiger partial charge >= 0.3 is 0 Å². The van der Waals surface area contributed by atoms with Crippen LogP contribution in [0.1, 0.15) is 25.6 Å². The Balaban J connectivity index is 2.46. The first-order chi connectivity index (χ1) is 9.17. The molecule has 1 aromatic heterocycles. The molecular weight excluding hydrogens is 248 g/mol. The van der Waals surface area contributed by atoms with E-state index >= 15 is 0 Å². The SMILES string of the molecule is COCCOCCOc1cc(NN)nc(C(C)C)n1. The van der Waals surface area contributed by atoms with Crippen molar-refractivity contribution in [1.82, 2.24) is 9.97 Å². The number of aromatic nitrogens is 2. The number of anilines is 1. The van der Waals surface area contributed by atoms with E-state index in [0.717, 1.165) is 0 Å². The highest BCUT2D eigenvalue weighted by atomic mass is 16.5. The molecule has 0 saturated carbocycles. The number of nitrogens with one attached hydrogen (secondary N) is 1. The van der Waals surface area contributed by atoms with E-state index in [1.807, 2.05) is 13.8 Å². The number of rotatable bonds is 9. The Kier molecular flexibility index (Phi) is 7.09. The summed E-state index contributed by atoms with van der Waals surface area (Å²) in [5.74, 6) is 7.28. The third-order valence-corrected chi connectivity index (χ3v) is 2.29. The molecule has 0 unspecified atom stereocenters. The fourth-order valence-corrected chi connectivity index (χ4v) is 1.30. The highest BCUT2D eigenvalue weighted by Crippen LogP contribution is 2.17. The lowest BCUT2D eigenvalue weighted by atomic mass is 10.2. The predicted molar refractivity (Wildman–Crippen MR) is 72.1 cm³/mol. The molecule has 0 spiro atoms. The van der Waals surface area contributed by atoms with Gasteiger partial charge in [-0.2, -0.15) is 4.98 Å². The lowest BCUT2D eigenvalue weighted by molar-refractivity contribution is 0.0536. The highest BCUT2D eigenvalue weighted by Gasteiger charge is 2.08. The molecule has 0 saturated heterocycles. The van der Waals surface area contributed by atoms with E-state index in [-0.39, 0.29) is 5.92 Å². The van der Waals surface area contributed by atoms with Crippen molar-refractivity contribution in [2.24, 2.45) is 5.84 Å². The summed E-state index contributed by atoms with van der Waals surface area (Å²) in [5, 5.41) is 0. The largest absolute Gasteiger partial charge is 0.475 e. The van der Waals surface area contributed by atoms with Crippen molar-refractivity contribution in [2.45, 2.75) is 19.8 Å². The highest BCUT2D eigenvalue weighted by molar-refractivity contribution is 5.37. The van der Waals surface area contributed by atoms with Crippen LogP contribution >= 0.6 is 0 Å². The van der Waals surface area contributed by atoms with E-state index in [9.17, 15) is 0 Å². The lowest BCUT2D eigenvalue weighted by Crippen LogP contribution is -2.14. The first-order valence-corrected chi connectivity index (χ1v) is 6.22. The maximum absolute atomic E-state index is 5.51. The molecule has 0 bridgehead atoms. The second-order valence-electron chi connectivity index (χ2n) is 4.20. The zero-order chi connectivity index (χ0) is 14.1. The molecule has 1 heterocycles. The number of ether oxygens (including phenoxy) is 3. The molecular formula is C12H22N4O3. The Labute approximate surface area is 113 Å². The van der Waals surface area contributed by atoms with Crippen LogP contribution in [0, 0.1) is 0 Å². The Morgan fingerprint density at radius 1 is 1.21 bits per heavy atom. The van der Waals surface area contributed by atoms with Gasteiger partial charge in [0, 0.05) is 19.1 Å². The zero-order valence-corrected chi connectivity index (χ0v) is 11.7. The van der Waals surface area contributed by atoms with Gasteiger partial charge in [0.25, 0.3) is 0 Å². The predicted octanol–water partition coefficient (Wildman–Crippen LogP) is 0.927. The fraction of sp³-hybridized carbons (Fsp3) is 0.667. The summed E-state index contributed by atoms with van der Waals surface area (Å²) in [6.07, 6.45) is 0. The van der Waals surface area contributed by atoms with E-state index in [2.05, 4.69) is 15.4 Å². The van der Waals surface area contributed by atoms with Gasteiger partial charge in [-0.3, -0.25) is 0 Å². The maximum atomic E-state index is 5.51. The van der Waals surface area contributed by atoms with Crippen LogP contribution in [0.5, 0.6) is 5.88 Å². The molecule has 3 N–H and O–H groups in total. The van der Waals surface area contributed by atoms with Gasteiger partial charge < -0.3 is 19.6 Å². The summed E-state index contributed by atoms with van der Waals surface area (Å²) in [5.41, 5.74) is 2.50. The van der Waals surface area contributed by atoms with Crippen LogP contribution in [-0.2, 0) is 9.47 Å². The van der Waals surface area contributed by atoms with Crippen LogP contribution in [0.2, 0.25) is 0 Å². The number of hydrogen-bond acceptors (Lipinski definition) is 7. The number of methoxy groups -OCH3 is 1. The minimum Gasteiger partial charge on any atom is -0.475 e. The standard InChI is InChI=1S/C12H22N4O3/c1-9(2)12-14-10(16-13)8-11(15-12)19-7-6-18-5-4-17-3/h8-9H,4-7,13H2,1-3H3,(H,14,15,16). The molecule has 0 aliphatic heterocycles. The second kappa shape index (κ2) is 8.63. The molecule has 0 atom stereocenters. The molecule has 0 aliphatic rings. The smallest absolute Gasteiger partial charge is 0.218 e. The summed E-state index contributed by atoms with van der Waals surface area (Å²) in [7, 11) is 1.63. The van der Waals surface area contributed by atoms with Crippen LogP contribution in [0.25, 0.3) is 0 Å². The third kappa shape index (κ3) is 5.82. The van der Waals surface area contributed by atoms with E-state index in [1.54, 1.807) is 13.2 Å². The minimum absolute atomic E-state index is 0.202. The Morgan fingerprint density at radius 2 is 1.95 bits per heavy atom. The third-order valence-electron chi connectivity index (χ3n) is 2.29. The first-order valence-electron chi connectivity index (χ1n) is 6.22. The zero-order valence-electron chi connectivity index (χ0n) is 11.7. The summed E-state index contributed by atoms with van der Waals surface area (Å²) in [4.78, 5) is 8.55. The Morgan fingerprint density at radius 3 is 2.58 bits per heavy atom. The Hall–Kier alpha value is -1.44. The molecule has 0 amide bonds. The fourth-order valence-electron chi connectivity index (χ4n) is 1.30. The van der Waals surface area contributed by atoms with Gasteiger partial charge in [0.1, 0.15) is 18.2 Å². The lowest BCUT2D eigenvalue weighted by Gasteiger charge is -2.11. The van der Waals surface area contributed by atoms with E-state index < -0.39 is 0 Å². The van der Waals surface area contributed by atoms with Crippen molar-refractivity contribution < 1.29 is 14.2 Å². The van der Waals surface area contributed by atoms with Crippen LogP contribution in [0.3, 0.4) is 0 Å². The average Bonchev–Trinajstić information content (AvgIpc) is 2.42. The quantitative estimate of drug-likeness (QED) is 0.392. The van der Waals surface area contributed by atoms with Gasteiger partial charge in [-0.05, 0) is 0 Å². The molecule has 0 radical (unpaired) electrons. The second-order valence-corrected chi connectivity index (χ2v) is 4.20. The van der Waals surface area contributed by atoms with Crippen molar-refractivity contribution in [3.63, 3.8) is 0 Å². The maximum Gasteiger partial charge on any atom is 0.218 e. The van der Waals surface area contributed by atoms with Crippen LogP contribution in [0.15, 0.2) is 6.07 Å². The van der Waals surface area contributed by atoms with Crippen molar-refractivity contribution in [1.29, 1.82) is 0 Å². The van der Waals surface area contributed by atoms with Crippen molar-refractivity contribution >= 4 is 5.82 Å². The topological polar surface area (TPSA) is 91.5 Å². The summed E-state index contributed by atoms with van der Waals surface area (Å²) >= 11 is 0. The van der Waals surface area contributed by atoms with Gasteiger partial charge in [-0.25, -0.2) is 10.8 Å². The summed E-state index contributed by atoms with van der Waals surface area (Å²) in [6, 6.07) is 1.65. The normalized spacial score (nSPS) is 10.8. The average molecular weight is 270 g/mol. The van der Waals surface area contributed by atoms with Crippen LogP contribution < -0.4 is 16.0 Å². The number of hydrazine groups is 1. The molecule has 1 aromatic rings. The van der Waals surface area contributed by atoms with Crippen LogP contribution in [-0.4, -0.2) is 43.5 Å². The summed E-state index contributed by atoms with van der Waals surface area (Å²) < 4.78 is 15.7. The molecule has 7 heteroatoms. The van der Waals surface area contributed by atoms with Crippen molar-refractivity contribution in [3.05, 3.63) is 11.9 Å². The minimum atomic E-state index is 0.202. The van der Waals surface area contributed by atoms with Crippen LogP contribution in [0.4, 0.5) is 5.82 Å². The first kappa shape index (κ1) is 15.6. The summed E-state index contributed by atoms with van der Waals surface area (Å²) in [6.45, 7) is 6.04. The van der Waals surface area contributed by atoms with Gasteiger partial charge in [0.15, 0.2) is 0 Å². The molecule has 19 heavy (non-hydrogen) atoms. The molecule has 7 nitrogen and oxygen atoms in total. The van der Waals surface area contributed by atoms with Crippen molar-refractivity contribution in [3.8, 4) is 5.88 Å². The van der Waals surface area contributed by atoms with Gasteiger partial charge in [-0.15, -0.1) is 0 Å². The molecule has 0 aromatic carbocycles. The van der Waals surface area contributed by atoms with E-state index in [0.29, 0.717) is 43.9 Å². The van der Waals surface area contributed by atoms with Gasteiger partial charge in [0.05, 0.1) is 19.8 Å². The van der Waals surface area contributed by atoms with E-state index in [4.69, 9.17) is 20.1 Å². The molecule has 108 valence electrons. The molecule has 0 aliphatic carbocycles.